The molecule has 1 aliphatic heterocycles. The number of hydrogen-bond acceptors (Lipinski definition) is 8. The van der Waals surface area contributed by atoms with Crippen LogP contribution in [0.2, 0.25) is 5.02 Å². The third-order valence-corrected chi connectivity index (χ3v) is 7.51. The van der Waals surface area contributed by atoms with E-state index in [9.17, 15) is 18.0 Å². The average molecular weight is 520 g/mol. The van der Waals surface area contributed by atoms with E-state index < -0.39 is 22.0 Å². The van der Waals surface area contributed by atoms with Crippen LogP contribution < -0.4 is 5.32 Å². The zero-order valence-electron chi connectivity index (χ0n) is 18.7. The van der Waals surface area contributed by atoms with E-state index in [0.29, 0.717) is 10.6 Å². The van der Waals surface area contributed by atoms with E-state index in [1.54, 1.807) is 31.2 Å². The number of rotatable bonds is 6. The van der Waals surface area contributed by atoms with E-state index in [4.69, 9.17) is 20.8 Å². The lowest BCUT2D eigenvalue weighted by Crippen LogP contribution is -2.50. The predicted molar refractivity (Wildman–Crippen MR) is 126 cm³/mol. The number of sulfonamides is 1. The molecule has 4 rings (SSSR count). The molecule has 0 bridgehead atoms. The first-order chi connectivity index (χ1) is 16.8. The molecule has 3 aromatic rings. The van der Waals surface area contributed by atoms with Gasteiger partial charge in [0.15, 0.2) is 0 Å². The summed E-state index contributed by atoms with van der Waals surface area (Å²) in [6.45, 7) is 2.73. The summed E-state index contributed by atoms with van der Waals surface area (Å²) < 4.78 is 37.7. The third-order valence-electron chi connectivity index (χ3n) is 5.27. The standard InChI is InChI=1S/C22H22ClN5O6S/c1-2-33-22(30)27-11-13-28(14-12-27)35(31,32)16-9-7-15(8-10-16)19(29)24-21-26-25-20(34-21)17-5-3-4-6-18(17)23/h3-10H,2,11-14H2,1H3,(H,24,26,29). The zero-order valence-corrected chi connectivity index (χ0v) is 20.3. The van der Waals surface area contributed by atoms with Gasteiger partial charge in [0.2, 0.25) is 10.0 Å². The fraction of sp³-hybridized carbons (Fsp3) is 0.273. The van der Waals surface area contributed by atoms with E-state index >= 15 is 0 Å². The van der Waals surface area contributed by atoms with Gasteiger partial charge in [0.05, 0.1) is 22.1 Å². The summed E-state index contributed by atoms with van der Waals surface area (Å²) in [7, 11) is -3.79. The molecule has 0 atom stereocenters. The van der Waals surface area contributed by atoms with Crippen molar-refractivity contribution in [2.45, 2.75) is 11.8 Å². The fourth-order valence-corrected chi connectivity index (χ4v) is 5.08. The van der Waals surface area contributed by atoms with E-state index in [-0.39, 0.29) is 55.2 Å². The van der Waals surface area contributed by atoms with Gasteiger partial charge in [0, 0.05) is 31.7 Å². The molecule has 0 unspecified atom stereocenters. The van der Waals surface area contributed by atoms with Crippen molar-refractivity contribution in [3.8, 4) is 11.5 Å². The zero-order chi connectivity index (χ0) is 25.0. The van der Waals surface area contributed by atoms with Crippen LogP contribution in [-0.2, 0) is 14.8 Å². The Morgan fingerprint density at radius 3 is 2.40 bits per heavy atom. The smallest absolute Gasteiger partial charge is 0.409 e. The van der Waals surface area contributed by atoms with Gasteiger partial charge >= 0.3 is 12.1 Å². The Morgan fingerprint density at radius 2 is 1.74 bits per heavy atom. The number of hydrogen-bond donors (Lipinski definition) is 1. The van der Waals surface area contributed by atoms with Crippen LogP contribution in [0, 0.1) is 0 Å². The van der Waals surface area contributed by atoms with Crippen molar-refractivity contribution < 1.29 is 27.2 Å². The molecule has 1 aliphatic rings. The van der Waals surface area contributed by atoms with Crippen LogP contribution >= 0.6 is 11.6 Å². The summed E-state index contributed by atoms with van der Waals surface area (Å²) >= 11 is 6.12. The van der Waals surface area contributed by atoms with Crippen molar-refractivity contribution in [3.05, 3.63) is 59.1 Å². The highest BCUT2D eigenvalue weighted by atomic mass is 35.5. The summed E-state index contributed by atoms with van der Waals surface area (Å²) in [5.41, 5.74) is 0.730. The Kier molecular flexibility index (Phi) is 7.34. The number of amides is 2. The Morgan fingerprint density at radius 1 is 1.06 bits per heavy atom. The predicted octanol–water partition coefficient (Wildman–Crippen LogP) is 3.11. The van der Waals surface area contributed by atoms with Crippen LogP contribution in [0.15, 0.2) is 57.8 Å². The summed E-state index contributed by atoms with van der Waals surface area (Å²) in [6.07, 6.45) is -0.458. The van der Waals surface area contributed by atoms with Gasteiger partial charge in [-0.15, -0.1) is 5.10 Å². The molecule has 1 saturated heterocycles. The molecule has 0 spiro atoms. The lowest BCUT2D eigenvalue weighted by molar-refractivity contribution is 0.0933. The first-order valence-electron chi connectivity index (χ1n) is 10.7. The van der Waals surface area contributed by atoms with Crippen LogP contribution in [-0.4, -0.2) is 72.6 Å². The lowest BCUT2D eigenvalue weighted by Gasteiger charge is -2.33. The number of anilines is 1. The van der Waals surface area contributed by atoms with Crippen molar-refractivity contribution >= 4 is 39.6 Å². The second-order valence-electron chi connectivity index (χ2n) is 7.46. The highest BCUT2D eigenvalue weighted by Crippen LogP contribution is 2.27. The number of ether oxygens (including phenoxy) is 1. The molecule has 35 heavy (non-hydrogen) atoms. The van der Waals surface area contributed by atoms with Gasteiger partial charge in [-0.05, 0) is 43.3 Å². The Hall–Kier alpha value is -3.48. The van der Waals surface area contributed by atoms with Crippen molar-refractivity contribution in [1.82, 2.24) is 19.4 Å². The van der Waals surface area contributed by atoms with E-state index in [1.165, 1.54) is 33.5 Å². The molecule has 2 amide bonds. The van der Waals surface area contributed by atoms with Gasteiger partial charge in [-0.25, -0.2) is 13.2 Å². The molecule has 11 nitrogen and oxygen atoms in total. The van der Waals surface area contributed by atoms with Crippen LogP contribution in [0.25, 0.3) is 11.5 Å². The summed E-state index contributed by atoms with van der Waals surface area (Å²) in [5.74, 6) is -0.401. The van der Waals surface area contributed by atoms with Crippen molar-refractivity contribution in [2.75, 3.05) is 38.1 Å². The van der Waals surface area contributed by atoms with Crippen LogP contribution in [0.5, 0.6) is 0 Å². The molecule has 2 aromatic carbocycles. The minimum atomic E-state index is -3.79. The second-order valence-corrected chi connectivity index (χ2v) is 9.81. The molecular weight excluding hydrogens is 498 g/mol. The first-order valence-corrected chi connectivity index (χ1v) is 12.5. The van der Waals surface area contributed by atoms with Crippen molar-refractivity contribution in [1.29, 1.82) is 0 Å². The molecule has 184 valence electrons. The molecule has 0 saturated carbocycles. The minimum Gasteiger partial charge on any atom is -0.450 e. The number of nitrogens with one attached hydrogen (secondary N) is 1. The van der Waals surface area contributed by atoms with E-state index in [1.807, 2.05) is 0 Å². The normalized spacial score (nSPS) is 14.5. The fourth-order valence-electron chi connectivity index (χ4n) is 3.44. The molecule has 13 heteroatoms. The number of halogens is 1. The molecular formula is C22H22ClN5O6S. The molecule has 1 N–H and O–H groups in total. The van der Waals surface area contributed by atoms with Crippen molar-refractivity contribution in [2.24, 2.45) is 0 Å². The summed E-state index contributed by atoms with van der Waals surface area (Å²) in [5, 5.41) is 10.6. The van der Waals surface area contributed by atoms with E-state index in [2.05, 4.69) is 15.5 Å². The maximum absolute atomic E-state index is 13.0. The Balaban J connectivity index is 1.39. The van der Waals surface area contributed by atoms with Crippen molar-refractivity contribution in [3.63, 3.8) is 0 Å². The maximum atomic E-state index is 13.0. The largest absolute Gasteiger partial charge is 0.450 e. The van der Waals surface area contributed by atoms with Gasteiger partial charge in [-0.3, -0.25) is 10.1 Å². The van der Waals surface area contributed by atoms with Gasteiger partial charge in [0.1, 0.15) is 0 Å². The number of aromatic nitrogens is 2. The highest BCUT2D eigenvalue weighted by Gasteiger charge is 2.30. The minimum absolute atomic E-state index is 0.0393. The Bertz CT molecular complexity index is 1320. The Labute approximate surface area is 206 Å². The van der Waals surface area contributed by atoms with Gasteiger partial charge in [-0.1, -0.05) is 28.8 Å². The van der Waals surface area contributed by atoms with Crippen LogP contribution in [0.3, 0.4) is 0 Å². The molecule has 0 radical (unpaired) electrons. The first kappa shape index (κ1) is 24.6. The highest BCUT2D eigenvalue weighted by molar-refractivity contribution is 7.89. The van der Waals surface area contributed by atoms with Gasteiger partial charge < -0.3 is 14.1 Å². The number of benzene rings is 2. The third kappa shape index (κ3) is 5.45. The van der Waals surface area contributed by atoms with Gasteiger partial charge in [-0.2, -0.15) is 4.31 Å². The number of carbonyl (C=O) groups excluding carboxylic acids is 2. The summed E-state index contributed by atoms with van der Waals surface area (Å²) in [6, 6.07) is 12.3. The number of nitrogens with zero attached hydrogens (tertiary/aromatic N) is 4. The number of piperazine rings is 1. The van der Waals surface area contributed by atoms with E-state index in [0.717, 1.165) is 0 Å². The molecule has 2 heterocycles. The lowest BCUT2D eigenvalue weighted by atomic mass is 10.2. The quantitative estimate of drug-likeness (QED) is 0.525. The molecule has 0 aliphatic carbocycles. The van der Waals surface area contributed by atoms with Gasteiger partial charge in [0.25, 0.3) is 11.8 Å². The maximum Gasteiger partial charge on any atom is 0.409 e. The summed E-state index contributed by atoms with van der Waals surface area (Å²) in [4.78, 5) is 25.9. The molecule has 1 aromatic heterocycles. The average Bonchev–Trinajstić information content (AvgIpc) is 3.32. The number of carbonyl (C=O) groups is 2. The topological polar surface area (TPSA) is 135 Å². The van der Waals surface area contributed by atoms with Crippen LogP contribution in [0.1, 0.15) is 17.3 Å². The van der Waals surface area contributed by atoms with Crippen LogP contribution in [0.4, 0.5) is 10.8 Å². The monoisotopic (exact) mass is 519 g/mol. The molecule has 1 fully saturated rings. The SMILES string of the molecule is CCOC(=O)N1CCN(S(=O)(=O)c2ccc(C(=O)Nc3nnc(-c4ccccc4Cl)o3)cc2)CC1. The second kappa shape index (κ2) is 10.4.